The van der Waals surface area contributed by atoms with Crippen LogP contribution in [0.5, 0.6) is 5.75 Å². The van der Waals surface area contributed by atoms with Gasteiger partial charge in [0, 0.05) is 0 Å². The molecule has 4 aromatic rings. The van der Waals surface area contributed by atoms with E-state index in [1.807, 2.05) is 85.8 Å². The summed E-state index contributed by atoms with van der Waals surface area (Å²) in [6.07, 6.45) is 1.87. The van der Waals surface area contributed by atoms with Crippen LogP contribution < -0.4 is 4.74 Å². The van der Waals surface area contributed by atoms with E-state index in [9.17, 15) is 9.18 Å². The summed E-state index contributed by atoms with van der Waals surface area (Å²) < 4.78 is 19.8. The van der Waals surface area contributed by atoms with Gasteiger partial charge in [-0.2, -0.15) is 0 Å². The van der Waals surface area contributed by atoms with Crippen molar-refractivity contribution in [2.45, 2.75) is 20.1 Å². The summed E-state index contributed by atoms with van der Waals surface area (Å²) in [6, 6.07) is 29.7. The highest BCUT2D eigenvalue weighted by Gasteiger charge is 2.33. The Morgan fingerprint density at radius 3 is 2.39 bits per heavy atom. The molecule has 0 radical (unpaired) electrons. The minimum atomic E-state index is -0.277. The van der Waals surface area contributed by atoms with Gasteiger partial charge in [0.25, 0.3) is 5.91 Å². The van der Waals surface area contributed by atoms with E-state index >= 15 is 0 Å². The first kappa shape index (κ1) is 25.9. The van der Waals surface area contributed by atoms with Gasteiger partial charge in [-0.15, -0.1) is 0 Å². The molecule has 0 aliphatic carbocycles. The van der Waals surface area contributed by atoms with E-state index in [-0.39, 0.29) is 11.7 Å². The van der Waals surface area contributed by atoms with Gasteiger partial charge < -0.3 is 4.74 Å². The highest BCUT2D eigenvalue weighted by Crippen LogP contribution is 2.36. The number of carbonyl (C=O) groups is 1. The predicted octanol–water partition coefficient (Wildman–Crippen LogP) is 8.28. The first-order valence-electron chi connectivity index (χ1n) is 12.0. The normalized spacial score (nSPS) is 15.4. The molecule has 0 saturated carbocycles. The Bertz CT molecular complexity index is 1500. The number of amidine groups is 1. The molecule has 5 rings (SSSR count). The second kappa shape index (κ2) is 11.8. The summed E-state index contributed by atoms with van der Waals surface area (Å²) in [5.41, 5.74) is 4.72. The fourth-order valence-corrected chi connectivity index (χ4v) is 5.35. The number of hydrogen-bond acceptors (Lipinski definition) is 4. The number of carbonyl (C=O) groups excluding carboxylic acids is 1. The predicted molar refractivity (Wildman–Crippen MR) is 156 cm³/mol. The molecule has 4 aromatic carbocycles. The second-order valence-electron chi connectivity index (χ2n) is 8.82. The Balaban J connectivity index is 1.38. The summed E-state index contributed by atoms with van der Waals surface area (Å²) in [5.74, 6) is 0.299. The molecule has 0 unspecified atom stereocenters. The van der Waals surface area contributed by atoms with Crippen molar-refractivity contribution in [3.05, 3.63) is 135 Å². The molecule has 4 nitrogen and oxygen atoms in total. The Morgan fingerprint density at radius 2 is 1.68 bits per heavy atom. The van der Waals surface area contributed by atoms with Gasteiger partial charge in [-0.25, -0.2) is 9.38 Å². The minimum Gasteiger partial charge on any atom is -0.488 e. The van der Waals surface area contributed by atoms with E-state index in [1.165, 1.54) is 23.9 Å². The van der Waals surface area contributed by atoms with Crippen LogP contribution in [-0.4, -0.2) is 16.0 Å². The maximum Gasteiger partial charge on any atom is 0.267 e. The van der Waals surface area contributed by atoms with Gasteiger partial charge in [0.2, 0.25) is 0 Å². The number of ether oxygens (including phenoxy) is 1. The third-order valence-electron chi connectivity index (χ3n) is 5.89. The highest BCUT2D eigenvalue weighted by atomic mass is 79.9. The van der Waals surface area contributed by atoms with Crippen LogP contribution in [0.2, 0.25) is 0 Å². The molecular formula is C31H24BrFN2O2S. The summed E-state index contributed by atoms with van der Waals surface area (Å²) in [7, 11) is 0. The Kier molecular flexibility index (Phi) is 8.05. The average Bonchev–Trinajstić information content (AvgIpc) is 3.20. The number of aliphatic imine (C=N–C) groups is 1. The van der Waals surface area contributed by atoms with Crippen LogP contribution in [0.15, 0.2) is 111 Å². The third-order valence-corrected chi connectivity index (χ3v) is 7.52. The molecule has 1 aliphatic rings. The topological polar surface area (TPSA) is 41.9 Å². The minimum absolute atomic E-state index is 0.0857. The molecule has 1 aliphatic heterocycles. The number of halogens is 2. The molecule has 0 aromatic heterocycles. The number of thioether (sulfide) groups is 1. The van der Waals surface area contributed by atoms with Crippen molar-refractivity contribution in [1.82, 2.24) is 4.90 Å². The van der Waals surface area contributed by atoms with Crippen molar-refractivity contribution >= 4 is 50.5 Å². The number of benzene rings is 4. The lowest BCUT2D eigenvalue weighted by atomic mass is 10.2. The molecule has 0 N–H and O–H groups in total. The van der Waals surface area contributed by atoms with Gasteiger partial charge in [-0.05, 0) is 93.8 Å². The largest absolute Gasteiger partial charge is 0.488 e. The lowest BCUT2D eigenvalue weighted by Gasteiger charge is -2.15. The highest BCUT2D eigenvalue weighted by molar-refractivity contribution is 9.10. The van der Waals surface area contributed by atoms with Crippen LogP contribution in [0.1, 0.15) is 22.3 Å². The van der Waals surface area contributed by atoms with Gasteiger partial charge in [-0.1, -0.05) is 66.2 Å². The molecular weight excluding hydrogens is 563 g/mol. The van der Waals surface area contributed by atoms with Gasteiger partial charge in [0.15, 0.2) is 5.17 Å². The molecule has 1 fully saturated rings. The first-order chi connectivity index (χ1) is 18.4. The third kappa shape index (κ3) is 6.41. The lowest BCUT2D eigenvalue weighted by molar-refractivity contribution is -0.122. The van der Waals surface area contributed by atoms with Crippen molar-refractivity contribution < 1.29 is 13.9 Å². The zero-order valence-electron chi connectivity index (χ0n) is 20.6. The SMILES string of the molecule is Cc1ccc(N=C2S/C(=C/c3ccc(OCc4ccc(F)cc4)c(Br)c3)C(=O)N2Cc2ccccc2)cc1. The number of rotatable bonds is 7. The van der Waals surface area contributed by atoms with Crippen molar-refractivity contribution in [2.75, 3.05) is 0 Å². The molecule has 7 heteroatoms. The molecule has 1 heterocycles. The zero-order chi connectivity index (χ0) is 26.5. The fraction of sp³-hybridized carbons (Fsp3) is 0.0968. The molecule has 0 spiro atoms. The van der Waals surface area contributed by atoms with Gasteiger partial charge >= 0.3 is 0 Å². The zero-order valence-corrected chi connectivity index (χ0v) is 23.0. The fourth-order valence-electron chi connectivity index (χ4n) is 3.84. The van der Waals surface area contributed by atoms with Crippen LogP contribution in [0.3, 0.4) is 0 Å². The number of nitrogens with zero attached hydrogens (tertiary/aromatic N) is 2. The average molecular weight is 588 g/mol. The van der Waals surface area contributed by atoms with E-state index in [4.69, 9.17) is 9.73 Å². The van der Waals surface area contributed by atoms with E-state index in [1.54, 1.807) is 17.0 Å². The Labute approximate surface area is 234 Å². The Morgan fingerprint density at radius 1 is 0.947 bits per heavy atom. The number of hydrogen-bond donors (Lipinski definition) is 0. The number of aryl methyl sites for hydroxylation is 1. The van der Waals surface area contributed by atoms with E-state index < -0.39 is 0 Å². The van der Waals surface area contributed by atoms with Crippen LogP contribution in [0.25, 0.3) is 6.08 Å². The molecule has 190 valence electrons. The van der Waals surface area contributed by atoms with Crippen molar-refractivity contribution in [2.24, 2.45) is 4.99 Å². The van der Waals surface area contributed by atoms with Crippen LogP contribution in [0.4, 0.5) is 10.1 Å². The number of amides is 1. The summed E-state index contributed by atoms with van der Waals surface area (Å²) in [6.45, 7) is 2.79. The summed E-state index contributed by atoms with van der Waals surface area (Å²) >= 11 is 4.94. The van der Waals surface area contributed by atoms with Gasteiger partial charge in [0.05, 0.1) is 21.6 Å². The quantitative estimate of drug-likeness (QED) is 0.205. The summed E-state index contributed by atoms with van der Waals surface area (Å²) in [4.78, 5) is 20.6. The van der Waals surface area contributed by atoms with E-state index in [2.05, 4.69) is 15.9 Å². The molecule has 1 amide bonds. The second-order valence-corrected chi connectivity index (χ2v) is 10.7. The van der Waals surface area contributed by atoms with Crippen LogP contribution in [0, 0.1) is 12.7 Å². The van der Waals surface area contributed by atoms with Crippen LogP contribution >= 0.6 is 27.7 Å². The first-order valence-corrected chi connectivity index (χ1v) is 13.6. The van der Waals surface area contributed by atoms with Gasteiger partial charge in [0.1, 0.15) is 18.2 Å². The lowest BCUT2D eigenvalue weighted by Crippen LogP contribution is -2.28. The molecule has 1 saturated heterocycles. The van der Waals surface area contributed by atoms with Gasteiger partial charge in [-0.3, -0.25) is 9.69 Å². The smallest absolute Gasteiger partial charge is 0.267 e. The monoisotopic (exact) mass is 586 g/mol. The maximum absolute atomic E-state index is 13.5. The van der Waals surface area contributed by atoms with Crippen molar-refractivity contribution in [1.29, 1.82) is 0 Å². The molecule has 0 atom stereocenters. The van der Waals surface area contributed by atoms with Crippen LogP contribution in [-0.2, 0) is 17.9 Å². The van der Waals surface area contributed by atoms with E-state index in [0.29, 0.717) is 29.0 Å². The molecule has 38 heavy (non-hydrogen) atoms. The standard InChI is InChI=1S/C31H24BrFN2O2S/c1-21-7-14-26(15-8-21)34-31-35(19-22-5-3-2-4-6-22)30(36)29(38-31)18-24-11-16-28(27(32)17-24)37-20-23-9-12-25(33)13-10-23/h2-18H,19-20H2,1H3/b29-18+,34-31?. The van der Waals surface area contributed by atoms with Crippen molar-refractivity contribution in [3.63, 3.8) is 0 Å². The summed E-state index contributed by atoms with van der Waals surface area (Å²) in [5, 5.41) is 0.646. The maximum atomic E-state index is 13.5. The van der Waals surface area contributed by atoms with E-state index in [0.717, 1.165) is 32.4 Å². The van der Waals surface area contributed by atoms with Crippen molar-refractivity contribution in [3.8, 4) is 5.75 Å². The molecule has 0 bridgehead atoms. The Hall–Kier alpha value is -3.68.